The van der Waals surface area contributed by atoms with Crippen molar-refractivity contribution in [2.75, 3.05) is 12.9 Å². The second-order valence-corrected chi connectivity index (χ2v) is 8.80. The van der Waals surface area contributed by atoms with Crippen LogP contribution >= 0.6 is 23.5 Å². The SMILES string of the molecule is COC(=O)CCSC1=CC(C)C(C)C(=NC(=O)OC(C)(C)C)S1. The lowest BCUT2D eigenvalue weighted by molar-refractivity contribution is -0.140. The number of aliphatic imine (C=N–C) groups is 1. The molecule has 0 aromatic carbocycles. The Morgan fingerprint density at radius 1 is 1.35 bits per heavy atom. The Balaban J connectivity index is 2.70. The molecule has 23 heavy (non-hydrogen) atoms. The van der Waals surface area contributed by atoms with E-state index in [9.17, 15) is 9.59 Å². The molecule has 0 fully saturated rings. The van der Waals surface area contributed by atoms with Crippen molar-refractivity contribution in [3.63, 3.8) is 0 Å². The lowest BCUT2D eigenvalue weighted by atomic mass is 9.97. The van der Waals surface area contributed by atoms with Crippen LogP contribution in [0, 0.1) is 11.8 Å². The van der Waals surface area contributed by atoms with Crippen molar-refractivity contribution in [2.24, 2.45) is 16.8 Å². The van der Waals surface area contributed by atoms with Gasteiger partial charge in [-0.3, -0.25) is 4.79 Å². The zero-order valence-corrected chi connectivity index (χ0v) is 16.2. The average molecular weight is 360 g/mol. The van der Waals surface area contributed by atoms with Crippen LogP contribution < -0.4 is 0 Å². The van der Waals surface area contributed by atoms with Crippen molar-refractivity contribution >= 4 is 40.6 Å². The van der Waals surface area contributed by atoms with Gasteiger partial charge in [-0.05, 0) is 26.7 Å². The number of rotatable bonds is 4. The summed E-state index contributed by atoms with van der Waals surface area (Å²) in [4.78, 5) is 27.2. The maximum Gasteiger partial charge on any atom is 0.434 e. The maximum absolute atomic E-state index is 11.9. The molecule has 1 rings (SSSR count). The van der Waals surface area contributed by atoms with E-state index in [0.717, 1.165) is 9.28 Å². The third-order valence-corrected chi connectivity index (χ3v) is 5.60. The summed E-state index contributed by atoms with van der Waals surface area (Å²) in [5.41, 5.74) is -0.552. The van der Waals surface area contributed by atoms with Crippen molar-refractivity contribution in [3.8, 4) is 0 Å². The van der Waals surface area contributed by atoms with Crippen LogP contribution in [0.4, 0.5) is 4.79 Å². The number of esters is 1. The maximum atomic E-state index is 11.9. The van der Waals surface area contributed by atoms with Gasteiger partial charge in [-0.15, -0.1) is 11.8 Å². The summed E-state index contributed by atoms with van der Waals surface area (Å²) in [6.45, 7) is 9.60. The number of carbonyl (C=O) groups excluding carboxylic acids is 2. The normalized spacial score (nSPS) is 23.4. The second-order valence-electron chi connectivity index (χ2n) is 6.34. The van der Waals surface area contributed by atoms with Crippen molar-refractivity contribution in [1.82, 2.24) is 0 Å². The standard InChI is InChI=1S/C16H25NO4S2/c1-10-9-13(22-8-7-12(18)20-6)23-14(11(10)2)17-15(19)21-16(3,4)5/h9-11H,7-8H2,1-6H3. The molecular formula is C16H25NO4S2. The molecule has 0 saturated carbocycles. The molecule has 0 aliphatic carbocycles. The minimum Gasteiger partial charge on any atom is -0.469 e. The van der Waals surface area contributed by atoms with Gasteiger partial charge in [0, 0.05) is 15.9 Å². The number of carbonyl (C=O) groups is 2. The van der Waals surface area contributed by atoms with Crippen LogP contribution in [0.1, 0.15) is 41.0 Å². The fourth-order valence-electron chi connectivity index (χ4n) is 1.73. The number of methoxy groups -OCH3 is 1. The predicted octanol–water partition coefficient (Wildman–Crippen LogP) is 4.48. The molecule has 0 aromatic heterocycles. The highest BCUT2D eigenvalue weighted by atomic mass is 32.2. The first-order valence-corrected chi connectivity index (χ1v) is 9.33. The number of allylic oxidation sites excluding steroid dienone is 1. The van der Waals surface area contributed by atoms with Crippen molar-refractivity contribution in [1.29, 1.82) is 0 Å². The van der Waals surface area contributed by atoms with Crippen LogP contribution in [0.3, 0.4) is 0 Å². The Morgan fingerprint density at radius 3 is 2.57 bits per heavy atom. The monoisotopic (exact) mass is 359 g/mol. The molecule has 1 heterocycles. The molecule has 0 aromatic rings. The number of hydrogen-bond acceptors (Lipinski definition) is 6. The van der Waals surface area contributed by atoms with Gasteiger partial charge in [-0.2, -0.15) is 4.99 Å². The van der Waals surface area contributed by atoms with Crippen LogP contribution in [0.15, 0.2) is 15.3 Å². The molecule has 1 aliphatic rings. The van der Waals surface area contributed by atoms with Gasteiger partial charge >= 0.3 is 12.1 Å². The van der Waals surface area contributed by atoms with Gasteiger partial charge in [0.1, 0.15) is 5.60 Å². The largest absolute Gasteiger partial charge is 0.469 e. The topological polar surface area (TPSA) is 65.0 Å². The summed E-state index contributed by atoms with van der Waals surface area (Å²) in [7, 11) is 1.39. The number of hydrogen-bond donors (Lipinski definition) is 0. The fourth-order valence-corrected chi connectivity index (χ4v) is 4.26. The quantitative estimate of drug-likeness (QED) is 0.690. The van der Waals surface area contributed by atoms with Gasteiger partial charge in [0.15, 0.2) is 0 Å². The molecule has 0 spiro atoms. The van der Waals surface area contributed by atoms with Gasteiger partial charge in [-0.1, -0.05) is 31.7 Å². The summed E-state index contributed by atoms with van der Waals surface area (Å²) in [5, 5.41) is 0.759. The Hall–Kier alpha value is -0.950. The number of nitrogens with zero attached hydrogens (tertiary/aromatic N) is 1. The molecule has 0 saturated heterocycles. The number of amides is 1. The predicted molar refractivity (Wildman–Crippen MR) is 96.8 cm³/mol. The first-order chi connectivity index (χ1) is 10.6. The molecule has 7 heteroatoms. The highest BCUT2D eigenvalue weighted by molar-refractivity contribution is 8.29. The minimum atomic E-state index is -0.556. The van der Waals surface area contributed by atoms with Gasteiger partial charge in [0.05, 0.1) is 18.6 Å². The van der Waals surface area contributed by atoms with E-state index in [-0.39, 0.29) is 17.8 Å². The highest BCUT2D eigenvalue weighted by Crippen LogP contribution is 2.40. The van der Waals surface area contributed by atoms with E-state index in [1.54, 1.807) is 11.8 Å². The lowest BCUT2D eigenvalue weighted by Gasteiger charge is -2.26. The van der Waals surface area contributed by atoms with Crippen molar-refractivity contribution in [3.05, 3.63) is 10.3 Å². The van der Waals surface area contributed by atoms with E-state index in [1.807, 2.05) is 27.7 Å². The molecule has 2 atom stereocenters. The van der Waals surface area contributed by atoms with E-state index in [0.29, 0.717) is 12.2 Å². The average Bonchev–Trinajstić information content (AvgIpc) is 2.41. The van der Waals surface area contributed by atoms with Gasteiger partial charge < -0.3 is 9.47 Å². The Kier molecular flexibility index (Phi) is 7.67. The van der Waals surface area contributed by atoms with Crippen molar-refractivity contribution < 1.29 is 19.1 Å². The van der Waals surface area contributed by atoms with Crippen LogP contribution in [0.2, 0.25) is 0 Å². The molecule has 0 radical (unpaired) electrons. The number of ether oxygens (including phenoxy) is 2. The Morgan fingerprint density at radius 2 is 2.00 bits per heavy atom. The van der Waals surface area contributed by atoms with Crippen LogP contribution in [-0.4, -0.2) is 35.6 Å². The molecule has 130 valence electrons. The smallest absolute Gasteiger partial charge is 0.434 e. The zero-order valence-electron chi connectivity index (χ0n) is 14.5. The molecule has 0 N–H and O–H groups in total. The van der Waals surface area contributed by atoms with Crippen LogP contribution in [0.25, 0.3) is 0 Å². The molecule has 1 aliphatic heterocycles. The molecule has 0 bridgehead atoms. The van der Waals surface area contributed by atoms with E-state index in [2.05, 4.69) is 22.7 Å². The van der Waals surface area contributed by atoms with E-state index < -0.39 is 11.7 Å². The number of thioether (sulfide) groups is 2. The minimum absolute atomic E-state index is 0.164. The van der Waals surface area contributed by atoms with Crippen molar-refractivity contribution in [2.45, 2.75) is 46.6 Å². The highest BCUT2D eigenvalue weighted by Gasteiger charge is 2.27. The van der Waals surface area contributed by atoms with E-state index in [1.165, 1.54) is 18.9 Å². The Bertz CT molecular complexity index is 509. The van der Waals surface area contributed by atoms with Gasteiger partial charge in [0.2, 0.25) is 0 Å². The first-order valence-electron chi connectivity index (χ1n) is 7.53. The zero-order chi connectivity index (χ0) is 17.6. The molecular weight excluding hydrogens is 334 g/mol. The van der Waals surface area contributed by atoms with Crippen LogP contribution in [0.5, 0.6) is 0 Å². The second kappa shape index (κ2) is 8.78. The lowest BCUT2D eigenvalue weighted by Crippen LogP contribution is -2.25. The summed E-state index contributed by atoms with van der Waals surface area (Å²) in [6.07, 6.45) is 1.97. The molecule has 2 unspecified atom stereocenters. The Labute approximate surface area is 146 Å². The first kappa shape index (κ1) is 20.1. The summed E-state index contributed by atoms with van der Waals surface area (Å²) in [6, 6.07) is 0. The third-order valence-electron chi connectivity index (χ3n) is 3.16. The summed E-state index contributed by atoms with van der Waals surface area (Å²) in [5.74, 6) is 0.866. The van der Waals surface area contributed by atoms with E-state index in [4.69, 9.17) is 4.74 Å². The third kappa shape index (κ3) is 7.44. The summed E-state index contributed by atoms with van der Waals surface area (Å²) >= 11 is 3.06. The fraction of sp³-hybridized carbons (Fsp3) is 0.688. The molecule has 1 amide bonds. The van der Waals surface area contributed by atoms with Crippen LogP contribution in [-0.2, 0) is 14.3 Å². The van der Waals surface area contributed by atoms with E-state index >= 15 is 0 Å². The summed E-state index contributed by atoms with van der Waals surface area (Å²) < 4.78 is 11.0. The van der Waals surface area contributed by atoms with Gasteiger partial charge in [-0.25, -0.2) is 4.79 Å². The van der Waals surface area contributed by atoms with Gasteiger partial charge in [0.25, 0.3) is 0 Å². The molecule has 5 nitrogen and oxygen atoms in total.